The van der Waals surface area contributed by atoms with E-state index in [1.807, 2.05) is 35.9 Å². The van der Waals surface area contributed by atoms with Crippen molar-refractivity contribution < 1.29 is 17.9 Å². The molecular formula is C24H22F3N5O. The summed E-state index contributed by atoms with van der Waals surface area (Å²) in [5, 5.41) is 4.67. The zero-order valence-corrected chi connectivity index (χ0v) is 18.2. The summed E-state index contributed by atoms with van der Waals surface area (Å²) in [7, 11) is 1.54. The van der Waals surface area contributed by atoms with Crippen molar-refractivity contribution in [3.63, 3.8) is 0 Å². The number of hydrogen-bond donors (Lipinski definition) is 0. The summed E-state index contributed by atoms with van der Waals surface area (Å²) in [5.74, 6) is 0.0303. The largest absolute Gasteiger partial charge is 0.479 e. The first-order valence-electron chi connectivity index (χ1n) is 10.7. The molecule has 5 rings (SSSR count). The van der Waals surface area contributed by atoms with Crippen molar-refractivity contribution >= 4 is 0 Å². The Kier molecular flexibility index (Phi) is 5.19. The maximum atomic E-state index is 13.7. The van der Waals surface area contributed by atoms with Crippen molar-refractivity contribution in [2.24, 2.45) is 0 Å². The summed E-state index contributed by atoms with van der Waals surface area (Å²) in [5.41, 5.74) is 3.27. The van der Waals surface area contributed by atoms with Gasteiger partial charge in [0.2, 0.25) is 5.88 Å². The minimum atomic E-state index is -4.40. The van der Waals surface area contributed by atoms with E-state index in [-0.39, 0.29) is 11.5 Å². The SMILES string of the molecule is COc1nc(-c2cc3n(n2)CCC[C@@H]3c2ccccc2C(F)(F)F)ccc1-n1cnc(C)c1. The molecular weight excluding hydrogens is 431 g/mol. The molecule has 3 aromatic heterocycles. The number of halogens is 3. The lowest BCUT2D eigenvalue weighted by molar-refractivity contribution is -0.138. The first kappa shape index (κ1) is 21.2. The molecule has 0 aliphatic carbocycles. The molecule has 0 amide bonds. The molecule has 1 aliphatic rings. The van der Waals surface area contributed by atoms with Gasteiger partial charge in [0, 0.05) is 24.4 Å². The Labute approximate surface area is 188 Å². The van der Waals surface area contributed by atoms with E-state index >= 15 is 0 Å². The van der Waals surface area contributed by atoms with Gasteiger partial charge in [-0.05, 0) is 49.6 Å². The van der Waals surface area contributed by atoms with Crippen LogP contribution < -0.4 is 4.74 Å². The van der Waals surface area contributed by atoms with Crippen molar-refractivity contribution in [3.8, 4) is 23.0 Å². The number of pyridine rings is 1. The number of aryl methyl sites for hydroxylation is 2. The van der Waals surface area contributed by atoms with Crippen molar-refractivity contribution in [1.82, 2.24) is 24.3 Å². The third-order valence-corrected chi connectivity index (χ3v) is 5.96. The lowest BCUT2D eigenvalue weighted by Gasteiger charge is -2.26. The molecule has 0 fully saturated rings. The molecule has 6 nitrogen and oxygen atoms in total. The van der Waals surface area contributed by atoms with Crippen LogP contribution in [-0.4, -0.2) is 31.4 Å². The minimum Gasteiger partial charge on any atom is -0.479 e. The topological polar surface area (TPSA) is 57.8 Å². The molecule has 4 heterocycles. The lowest BCUT2D eigenvalue weighted by Crippen LogP contribution is -2.20. The number of methoxy groups -OCH3 is 1. The number of imidazole rings is 1. The average molecular weight is 453 g/mol. The highest BCUT2D eigenvalue weighted by Crippen LogP contribution is 2.41. The van der Waals surface area contributed by atoms with Gasteiger partial charge in [-0.3, -0.25) is 4.68 Å². The van der Waals surface area contributed by atoms with Gasteiger partial charge >= 0.3 is 6.18 Å². The van der Waals surface area contributed by atoms with Crippen LogP contribution in [0.25, 0.3) is 17.1 Å². The molecule has 4 aromatic rings. The van der Waals surface area contributed by atoms with Gasteiger partial charge in [-0.1, -0.05) is 18.2 Å². The first-order chi connectivity index (χ1) is 15.8. The van der Waals surface area contributed by atoms with Gasteiger partial charge in [0.25, 0.3) is 0 Å². The minimum absolute atomic E-state index is 0.286. The number of aromatic nitrogens is 5. The second kappa shape index (κ2) is 8.06. The van der Waals surface area contributed by atoms with Crippen molar-refractivity contribution in [1.29, 1.82) is 0 Å². The van der Waals surface area contributed by atoms with E-state index in [1.54, 1.807) is 30.3 Å². The van der Waals surface area contributed by atoms with Crippen LogP contribution in [0.3, 0.4) is 0 Å². The summed E-state index contributed by atoms with van der Waals surface area (Å²) in [6, 6.07) is 11.4. The predicted molar refractivity (Wildman–Crippen MR) is 116 cm³/mol. The zero-order chi connectivity index (χ0) is 23.2. The fourth-order valence-electron chi connectivity index (χ4n) is 4.46. The molecule has 1 aliphatic heterocycles. The molecule has 9 heteroatoms. The molecule has 170 valence electrons. The van der Waals surface area contributed by atoms with Crippen LogP contribution in [0.1, 0.15) is 41.3 Å². The maximum Gasteiger partial charge on any atom is 0.416 e. The second-order valence-electron chi connectivity index (χ2n) is 8.10. The fraction of sp³-hybridized carbons (Fsp3) is 0.292. The summed E-state index contributed by atoms with van der Waals surface area (Å²) >= 11 is 0. The highest BCUT2D eigenvalue weighted by molar-refractivity contribution is 5.60. The van der Waals surface area contributed by atoms with E-state index in [1.165, 1.54) is 6.07 Å². The monoisotopic (exact) mass is 453 g/mol. The summed E-state index contributed by atoms with van der Waals surface area (Å²) in [6.45, 7) is 2.55. The quantitative estimate of drug-likeness (QED) is 0.416. The summed E-state index contributed by atoms with van der Waals surface area (Å²) in [6.07, 6.45) is 0.538. The number of benzene rings is 1. The van der Waals surface area contributed by atoms with Crippen LogP contribution in [0, 0.1) is 6.92 Å². The smallest absolute Gasteiger partial charge is 0.416 e. The molecule has 0 N–H and O–H groups in total. The van der Waals surface area contributed by atoms with E-state index in [2.05, 4.69) is 15.1 Å². The van der Waals surface area contributed by atoms with Crippen LogP contribution in [0.15, 0.2) is 55.0 Å². The third kappa shape index (κ3) is 3.88. The Hall–Kier alpha value is -3.62. The van der Waals surface area contributed by atoms with E-state index < -0.39 is 11.7 Å². The van der Waals surface area contributed by atoms with E-state index in [0.717, 1.165) is 29.6 Å². The van der Waals surface area contributed by atoms with Gasteiger partial charge in [0.05, 0.1) is 30.4 Å². The Balaban J connectivity index is 1.55. The van der Waals surface area contributed by atoms with Crippen molar-refractivity contribution in [2.75, 3.05) is 7.11 Å². The number of nitrogens with zero attached hydrogens (tertiary/aromatic N) is 5. The Morgan fingerprint density at radius 3 is 2.64 bits per heavy atom. The van der Waals surface area contributed by atoms with Gasteiger partial charge in [-0.15, -0.1) is 0 Å². The first-order valence-corrected chi connectivity index (χ1v) is 10.7. The van der Waals surface area contributed by atoms with Gasteiger partial charge < -0.3 is 9.30 Å². The number of rotatable bonds is 4. The molecule has 33 heavy (non-hydrogen) atoms. The van der Waals surface area contributed by atoms with Crippen LogP contribution in [0.4, 0.5) is 13.2 Å². The van der Waals surface area contributed by atoms with Crippen molar-refractivity contribution in [3.05, 3.63) is 77.5 Å². The molecule has 0 spiro atoms. The number of alkyl halides is 3. The van der Waals surface area contributed by atoms with Gasteiger partial charge in [0.15, 0.2) is 0 Å². The normalized spacial score (nSPS) is 16.0. The van der Waals surface area contributed by atoms with Gasteiger partial charge in [-0.2, -0.15) is 18.3 Å². The Morgan fingerprint density at radius 1 is 1.09 bits per heavy atom. The van der Waals surface area contributed by atoms with Crippen molar-refractivity contribution in [2.45, 2.75) is 38.4 Å². The van der Waals surface area contributed by atoms with Crippen LogP contribution in [0.5, 0.6) is 5.88 Å². The molecule has 0 bridgehead atoms. The van der Waals surface area contributed by atoms with E-state index in [9.17, 15) is 13.2 Å². The molecule has 0 saturated carbocycles. The highest BCUT2D eigenvalue weighted by Gasteiger charge is 2.37. The zero-order valence-electron chi connectivity index (χ0n) is 18.2. The van der Waals surface area contributed by atoms with Gasteiger partial charge in [0.1, 0.15) is 11.4 Å². The Bertz CT molecular complexity index is 1310. The van der Waals surface area contributed by atoms with Crippen LogP contribution in [0.2, 0.25) is 0 Å². The predicted octanol–water partition coefficient (Wildman–Crippen LogP) is 5.39. The van der Waals surface area contributed by atoms with Crippen LogP contribution in [-0.2, 0) is 12.7 Å². The number of hydrogen-bond acceptors (Lipinski definition) is 4. The highest BCUT2D eigenvalue weighted by atomic mass is 19.4. The average Bonchev–Trinajstić information content (AvgIpc) is 3.44. The third-order valence-electron chi connectivity index (χ3n) is 5.96. The maximum absolute atomic E-state index is 13.7. The molecule has 1 aromatic carbocycles. The fourth-order valence-corrected chi connectivity index (χ4v) is 4.46. The number of fused-ring (bicyclic) bond motifs is 1. The van der Waals surface area contributed by atoms with Gasteiger partial charge in [-0.25, -0.2) is 9.97 Å². The van der Waals surface area contributed by atoms with E-state index in [4.69, 9.17) is 4.74 Å². The molecule has 1 atom stereocenters. The molecule has 0 unspecified atom stereocenters. The van der Waals surface area contributed by atoms with E-state index in [0.29, 0.717) is 30.2 Å². The standard InChI is InChI=1S/C24H22F3N5O/c1-15-13-31(14-28-15)21-10-9-19(29-23(21)33-2)20-12-22-17(7-5-11-32(22)30-20)16-6-3-4-8-18(16)24(25,26)27/h3-4,6,8-10,12-14,17H,5,7,11H2,1-2H3/t17-/m1/s1. The summed E-state index contributed by atoms with van der Waals surface area (Å²) in [4.78, 5) is 8.86. The second-order valence-corrected chi connectivity index (χ2v) is 8.10. The Morgan fingerprint density at radius 2 is 1.91 bits per heavy atom. The lowest BCUT2D eigenvalue weighted by atomic mass is 9.85. The molecule has 0 radical (unpaired) electrons. The number of ether oxygens (including phenoxy) is 1. The summed E-state index contributed by atoms with van der Waals surface area (Å²) < 4.78 is 50.1. The molecule has 0 saturated heterocycles. The van der Waals surface area contributed by atoms with Crippen LogP contribution >= 0.6 is 0 Å².